The molecule has 15 nitrogen and oxygen atoms in total. The van der Waals surface area contributed by atoms with Gasteiger partial charge < -0.3 is 24.9 Å². The first kappa shape index (κ1) is 56.3. The number of anilines is 2. The van der Waals surface area contributed by atoms with Crippen molar-refractivity contribution in [2.45, 2.75) is 52.9 Å². The summed E-state index contributed by atoms with van der Waals surface area (Å²) in [6, 6.07) is 28.7. The molecule has 4 aromatic carbocycles. The molecule has 6 heterocycles. The summed E-state index contributed by atoms with van der Waals surface area (Å²) in [6.45, 7) is 7.41. The summed E-state index contributed by atoms with van der Waals surface area (Å²) in [5, 5.41) is 2.62. The molecule has 0 radical (unpaired) electrons. The van der Waals surface area contributed by atoms with Gasteiger partial charge in [-0.05, 0) is 147 Å². The number of nitrogen functional groups attached to an aromatic ring is 1. The third-order valence-electron chi connectivity index (χ3n) is 12.2. The van der Waals surface area contributed by atoms with Crippen LogP contribution in [-0.2, 0) is 29.9 Å². The summed E-state index contributed by atoms with van der Waals surface area (Å²) in [7, 11) is 1.38. The van der Waals surface area contributed by atoms with Gasteiger partial charge in [-0.1, -0.05) is 12.1 Å². The summed E-state index contributed by atoms with van der Waals surface area (Å²) < 4.78 is 86.4. The first-order chi connectivity index (χ1) is 38.2. The maximum atomic E-state index is 13.6. The third kappa shape index (κ3) is 14.8. The second-order valence-electron chi connectivity index (χ2n) is 18.2. The van der Waals surface area contributed by atoms with E-state index in [9.17, 15) is 35.9 Å². The van der Waals surface area contributed by atoms with Crippen LogP contribution in [-0.4, -0.2) is 68.0 Å². The second kappa shape index (κ2) is 24.6. The number of aryl methyl sites for hydroxylation is 4. The Balaban J connectivity index is 0.000000174. The van der Waals surface area contributed by atoms with E-state index in [-0.39, 0.29) is 23.0 Å². The first-order valence-corrected chi connectivity index (χ1v) is 24.4. The third-order valence-corrected chi connectivity index (χ3v) is 12.2. The molecule has 406 valence electrons. The molecule has 21 heteroatoms. The summed E-state index contributed by atoms with van der Waals surface area (Å²) in [5.74, 6) is 0.381. The molecule has 0 spiro atoms. The number of hydrogen-bond acceptors (Lipinski definition) is 12. The number of halogens is 6. The molecule has 0 unspecified atom stereocenters. The maximum absolute atomic E-state index is 13.6. The van der Waals surface area contributed by atoms with E-state index in [1.54, 1.807) is 93.8 Å². The number of rotatable bonds is 11. The number of carbonyl (C=O) groups excluding carboxylic acids is 2. The highest BCUT2D eigenvalue weighted by Gasteiger charge is 2.32. The van der Waals surface area contributed by atoms with Crippen LogP contribution >= 0.6 is 0 Å². The highest BCUT2D eigenvalue weighted by Crippen LogP contribution is 2.34. The number of imidazole rings is 2. The maximum Gasteiger partial charge on any atom is 0.416 e. The average molecular weight is 1090 g/mol. The van der Waals surface area contributed by atoms with Gasteiger partial charge in [0.2, 0.25) is 0 Å². The lowest BCUT2D eigenvalue weighted by molar-refractivity contribution is -0.138. The summed E-state index contributed by atoms with van der Waals surface area (Å²) >= 11 is 0. The summed E-state index contributed by atoms with van der Waals surface area (Å²) in [4.78, 5) is 59.1. The number of amides is 1. The van der Waals surface area contributed by atoms with Gasteiger partial charge in [0.1, 0.15) is 11.6 Å². The van der Waals surface area contributed by atoms with Crippen LogP contribution in [0.4, 0.5) is 37.7 Å². The van der Waals surface area contributed by atoms with E-state index in [1.807, 2.05) is 56.3 Å². The fourth-order valence-corrected chi connectivity index (χ4v) is 8.04. The van der Waals surface area contributed by atoms with E-state index in [2.05, 4.69) is 45.2 Å². The van der Waals surface area contributed by atoms with E-state index < -0.39 is 29.4 Å². The van der Waals surface area contributed by atoms with E-state index in [1.165, 1.54) is 41.0 Å². The zero-order valence-corrected chi connectivity index (χ0v) is 43.6. The number of nitrogens with two attached hydrogens (primary N) is 1. The van der Waals surface area contributed by atoms with E-state index >= 15 is 0 Å². The van der Waals surface area contributed by atoms with Gasteiger partial charge in [0, 0.05) is 102 Å². The number of nitrogens with zero attached hydrogens (tertiary/aromatic N) is 10. The number of alkyl halides is 6. The van der Waals surface area contributed by atoms with E-state index in [4.69, 9.17) is 10.5 Å². The van der Waals surface area contributed by atoms with Gasteiger partial charge in [-0.3, -0.25) is 14.8 Å². The molecule has 0 aliphatic carbocycles. The predicted octanol–water partition coefficient (Wildman–Crippen LogP) is 12.2. The first-order valence-electron chi connectivity index (χ1n) is 24.4. The highest BCUT2D eigenvalue weighted by atomic mass is 19.4. The van der Waals surface area contributed by atoms with Gasteiger partial charge in [-0.2, -0.15) is 26.3 Å². The number of esters is 1. The molecule has 10 rings (SSSR count). The van der Waals surface area contributed by atoms with Gasteiger partial charge in [-0.15, -0.1) is 0 Å². The fraction of sp³-hybridized carbons (Fsp3) is 0.153. The molecule has 0 saturated heterocycles. The van der Waals surface area contributed by atoms with Crippen molar-refractivity contribution in [3.05, 3.63) is 239 Å². The second-order valence-corrected chi connectivity index (χ2v) is 18.2. The zero-order chi connectivity index (χ0) is 57.1. The predicted molar refractivity (Wildman–Crippen MR) is 289 cm³/mol. The van der Waals surface area contributed by atoms with E-state index in [0.717, 1.165) is 74.7 Å². The minimum atomic E-state index is -4.59. The lowest BCUT2D eigenvalue weighted by Gasteiger charge is -2.14. The fourth-order valence-electron chi connectivity index (χ4n) is 8.04. The molecule has 0 bridgehead atoms. The Labute approximate surface area is 455 Å². The molecule has 6 aromatic heterocycles. The van der Waals surface area contributed by atoms with Crippen LogP contribution in [0.1, 0.15) is 77.1 Å². The Morgan fingerprint density at radius 1 is 0.575 bits per heavy atom. The molecular weight excluding hydrogens is 1040 g/mol. The number of ether oxygens (including phenoxy) is 1. The van der Waals surface area contributed by atoms with Crippen molar-refractivity contribution in [1.82, 2.24) is 49.0 Å². The lowest BCUT2D eigenvalue weighted by Crippen LogP contribution is -2.14. The van der Waals surface area contributed by atoms with E-state index in [0.29, 0.717) is 47.0 Å². The minimum Gasteiger partial charge on any atom is -0.465 e. The average Bonchev–Trinajstić information content (AvgIpc) is 4.10. The summed E-state index contributed by atoms with van der Waals surface area (Å²) in [5.41, 5.74) is 13.9. The Morgan fingerprint density at radius 3 is 1.52 bits per heavy atom. The Bertz CT molecular complexity index is 3790. The molecule has 10 aromatic rings. The molecule has 1 amide bonds. The SMILES string of the molecule is COC(=O)c1ccc(C)c(Cc2nccc(-c3cccnc3)n2)c1.Cc1cn(-c2cc(N)cc(C(F)(F)F)c2)cn1.Cc1cn(-c2cc(NC(=O)c3ccc(C)c(Cc4nccc(-c5cccnc5)n4)c3)cc(C(F)(F)F)c2)cn1. The van der Waals surface area contributed by atoms with Crippen molar-refractivity contribution in [1.29, 1.82) is 0 Å². The molecule has 0 aliphatic rings. The number of methoxy groups -OCH3 is 1. The number of nitrogens with one attached hydrogen (secondary N) is 1. The number of benzene rings is 4. The molecule has 0 fully saturated rings. The van der Waals surface area contributed by atoms with Gasteiger partial charge in [0.05, 0.1) is 59.2 Å². The van der Waals surface area contributed by atoms with Crippen molar-refractivity contribution in [3.63, 3.8) is 0 Å². The zero-order valence-electron chi connectivity index (χ0n) is 43.6. The van der Waals surface area contributed by atoms with Crippen LogP contribution in [0, 0.1) is 27.7 Å². The molecule has 0 atom stereocenters. The Kier molecular flexibility index (Phi) is 17.3. The largest absolute Gasteiger partial charge is 0.465 e. The van der Waals surface area contributed by atoms with Crippen molar-refractivity contribution in [2.75, 3.05) is 18.2 Å². The van der Waals surface area contributed by atoms with Crippen LogP contribution in [0.15, 0.2) is 171 Å². The molecule has 3 N–H and O–H groups in total. The van der Waals surface area contributed by atoms with Crippen LogP contribution < -0.4 is 11.1 Å². The van der Waals surface area contributed by atoms with Crippen molar-refractivity contribution >= 4 is 23.3 Å². The minimum absolute atomic E-state index is 0.0193. The van der Waals surface area contributed by atoms with Crippen LogP contribution in [0.2, 0.25) is 0 Å². The Hall–Kier alpha value is -9.92. The molecule has 0 saturated carbocycles. The smallest absolute Gasteiger partial charge is 0.416 e. The van der Waals surface area contributed by atoms with Crippen molar-refractivity contribution < 1.29 is 40.7 Å². The quantitative estimate of drug-likeness (QED) is 0.0708. The molecular formula is C59H50F6N12O3. The Morgan fingerprint density at radius 2 is 1.06 bits per heavy atom. The number of carbonyl (C=O) groups is 2. The van der Waals surface area contributed by atoms with Crippen LogP contribution in [0.3, 0.4) is 0 Å². The highest BCUT2D eigenvalue weighted by molar-refractivity contribution is 6.04. The standard InChI is InChI=1S/C29H23F3N6O.C19H17N3O2.C11H10F3N3/c1-18-5-6-20(10-22(18)11-27-34-9-7-26(37-27)21-4-3-8-33-15-21)28(39)36-24-12-23(29(30,31)32)13-25(14-24)38-16-19(2)35-17-38;1-13-5-6-14(19(23)24-2)10-16(13)11-18-21-9-7-17(22-18)15-4-3-8-20-12-15;1-7-5-17(6-16-7)10-3-8(11(12,13)14)2-9(15)4-10/h3-10,12-17H,11H2,1-2H3,(H,36,39);3-10,12H,11H2,1-2H3;2-6H,15H2,1H3. The van der Waals surface area contributed by atoms with Gasteiger partial charge in [0.25, 0.3) is 5.91 Å². The molecule has 80 heavy (non-hydrogen) atoms. The van der Waals surface area contributed by atoms with Gasteiger partial charge in [-0.25, -0.2) is 34.7 Å². The topological polar surface area (TPSA) is 194 Å². The molecule has 0 aliphatic heterocycles. The summed E-state index contributed by atoms with van der Waals surface area (Å²) in [6.07, 6.45) is 8.35. The van der Waals surface area contributed by atoms with Crippen molar-refractivity contribution in [3.8, 4) is 33.9 Å². The van der Waals surface area contributed by atoms with Crippen LogP contribution in [0.5, 0.6) is 0 Å². The van der Waals surface area contributed by atoms with Gasteiger partial charge in [0.15, 0.2) is 0 Å². The van der Waals surface area contributed by atoms with Crippen LogP contribution in [0.25, 0.3) is 33.9 Å². The van der Waals surface area contributed by atoms with Gasteiger partial charge >= 0.3 is 18.3 Å². The lowest BCUT2D eigenvalue weighted by atomic mass is 10.0. The number of hydrogen-bond donors (Lipinski definition) is 2. The number of aromatic nitrogens is 10. The normalized spacial score (nSPS) is 11.2. The van der Waals surface area contributed by atoms with Crippen molar-refractivity contribution in [2.24, 2.45) is 0 Å². The monoisotopic (exact) mass is 1090 g/mol. The number of pyridine rings is 2.